The molecule has 0 saturated heterocycles. The second kappa shape index (κ2) is 11.8. The van der Waals surface area contributed by atoms with Crippen molar-refractivity contribution < 1.29 is 13.0 Å². The minimum absolute atomic E-state index is 0.361. The summed E-state index contributed by atoms with van der Waals surface area (Å²) in [6.45, 7) is 2.23. The van der Waals surface area contributed by atoms with E-state index in [1.54, 1.807) is 0 Å². The van der Waals surface area contributed by atoms with Crippen LogP contribution >= 0.6 is 12.2 Å². The van der Waals surface area contributed by atoms with Gasteiger partial charge in [0, 0.05) is 4.86 Å². The Labute approximate surface area is 123 Å². The summed E-state index contributed by atoms with van der Waals surface area (Å²) < 4.78 is 29.8. The number of hydrogen-bond donors (Lipinski definition) is 1. The molecular formula is C14H28O3S2. The molecule has 0 rings (SSSR count). The summed E-state index contributed by atoms with van der Waals surface area (Å²) >= 11 is 4.92. The average Bonchev–Trinajstić information content (AvgIpc) is 2.29. The van der Waals surface area contributed by atoms with E-state index < -0.39 is 10.1 Å². The van der Waals surface area contributed by atoms with Crippen LogP contribution in [0.15, 0.2) is 0 Å². The zero-order valence-corrected chi connectivity index (χ0v) is 13.7. The van der Waals surface area contributed by atoms with Gasteiger partial charge in [-0.25, -0.2) is 0 Å². The van der Waals surface area contributed by atoms with Crippen molar-refractivity contribution in [2.45, 2.75) is 77.6 Å². The molecule has 0 fully saturated rings. The van der Waals surface area contributed by atoms with Gasteiger partial charge in [-0.1, -0.05) is 76.9 Å². The van der Waals surface area contributed by atoms with Crippen LogP contribution in [0.3, 0.4) is 0 Å². The second-order valence-corrected chi connectivity index (χ2v) is 7.23. The minimum atomic E-state index is -3.93. The topological polar surface area (TPSA) is 54.4 Å². The van der Waals surface area contributed by atoms with E-state index in [0.717, 1.165) is 12.8 Å². The molecule has 0 saturated carbocycles. The summed E-state index contributed by atoms with van der Waals surface area (Å²) in [4.78, 5) is 0.446. The number of thiocarbonyl (C=S) groups is 1. The van der Waals surface area contributed by atoms with Crippen LogP contribution in [0.25, 0.3) is 0 Å². The first-order chi connectivity index (χ1) is 8.95. The Balaban J connectivity index is 3.25. The molecule has 19 heavy (non-hydrogen) atoms. The van der Waals surface area contributed by atoms with Gasteiger partial charge in [-0.15, -0.1) is 0 Å². The van der Waals surface area contributed by atoms with E-state index in [-0.39, 0.29) is 5.75 Å². The predicted octanol–water partition coefficient (Wildman–Crippen LogP) is 4.56. The molecule has 0 aliphatic heterocycles. The van der Waals surface area contributed by atoms with Gasteiger partial charge in [0.1, 0.15) is 5.75 Å². The third-order valence-corrected chi connectivity index (χ3v) is 4.40. The van der Waals surface area contributed by atoms with Crippen molar-refractivity contribution in [3.63, 3.8) is 0 Å². The maximum Gasteiger partial charge on any atom is 0.269 e. The van der Waals surface area contributed by atoms with Gasteiger partial charge in [-0.05, 0) is 12.8 Å². The summed E-state index contributed by atoms with van der Waals surface area (Å²) in [5.74, 6) is -0.361. The number of unbranched alkanes of at least 4 members (excludes halogenated alkanes) is 9. The third kappa shape index (κ3) is 15.9. The normalized spacial score (nSPS) is 11.7. The predicted molar refractivity (Wildman–Crippen MR) is 85.5 cm³/mol. The quantitative estimate of drug-likeness (QED) is 0.308. The van der Waals surface area contributed by atoms with Crippen LogP contribution in [0.4, 0.5) is 0 Å². The molecule has 0 unspecified atom stereocenters. The van der Waals surface area contributed by atoms with Crippen LogP contribution in [0, 0.1) is 0 Å². The highest BCUT2D eigenvalue weighted by Gasteiger charge is 2.08. The van der Waals surface area contributed by atoms with Gasteiger partial charge >= 0.3 is 0 Å². The lowest BCUT2D eigenvalue weighted by Crippen LogP contribution is -2.12. The zero-order valence-electron chi connectivity index (χ0n) is 12.1. The Morgan fingerprint density at radius 2 is 1.32 bits per heavy atom. The van der Waals surface area contributed by atoms with Crippen LogP contribution < -0.4 is 0 Å². The highest BCUT2D eigenvalue weighted by Crippen LogP contribution is 2.11. The fourth-order valence-electron chi connectivity index (χ4n) is 2.09. The van der Waals surface area contributed by atoms with Crippen LogP contribution in [-0.4, -0.2) is 23.6 Å². The summed E-state index contributed by atoms with van der Waals surface area (Å²) in [5.41, 5.74) is 0. The fourth-order valence-corrected chi connectivity index (χ4v) is 3.23. The molecule has 114 valence electrons. The Hall–Kier alpha value is -0.0000000000000000763. The summed E-state index contributed by atoms with van der Waals surface area (Å²) in [6, 6.07) is 0. The van der Waals surface area contributed by atoms with Crippen molar-refractivity contribution in [3.05, 3.63) is 0 Å². The molecule has 0 atom stereocenters. The van der Waals surface area contributed by atoms with Crippen LogP contribution in [0.1, 0.15) is 77.6 Å². The van der Waals surface area contributed by atoms with E-state index in [9.17, 15) is 8.42 Å². The first-order valence-corrected chi connectivity index (χ1v) is 9.44. The van der Waals surface area contributed by atoms with Gasteiger partial charge in [-0.2, -0.15) is 8.42 Å². The Morgan fingerprint density at radius 3 is 1.74 bits per heavy atom. The van der Waals surface area contributed by atoms with Crippen molar-refractivity contribution in [2.24, 2.45) is 0 Å². The molecule has 0 aromatic heterocycles. The van der Waals surface area contributed by atoms with Gasteiger partial charge in [0.15, 0.2) is 0 Å². The number of rotatable bonds is 13. The Bertz CT molecular complexity index is 324. The summed E-state index contributed by atoms with van der Waals surface area (Å²) in [5, 5.41) is 0. The van der Waals surface area contributed by atoms with E-state index in [0.29, 0.717) is 11.3 Å². The highest BCUT2D eigenvalue weighted by atomic mass is 32.2. The van der Waals surface area contributed by atoms with Gasteiger partial charge in [-0.3, -0.25) is 4.55 Å². The smallest absolute Gasteiger partial charge is 0.269 e. The minimum Gasteiger partial charge on any atom is -0.285 e. The molecule has 0 radical (unpaired) electrons. The molecule has 0 aliphatic rings. The highest BCUT2D eigenvalue weighted by molar-refractivity contribution is 7.89. The molecule has 0 amide bonds. The zero-order chi connectivity index (χ0) is 14.6. The van der Waals surface area contributed by atoms with Gasteiger partial charge in [0.2, 0.25) is 0 Å². The van der Waals surface area contributed by atoms with E-state index in [2.05, 4.69) is 6.92 Å². The van der Waals surface area contributed by atoms with Crippen LogP contribution in [0.2, 0.25) is 0 Å². The maximum atomic E-state index is 10.6. The van der Waals surface area contributed by atoms with Crippen molar-refractivity contribution in [2.75, 3.05) is 5.75 Å². The van der Waals surface area contributed by atoms with Crippen molar-refractivity contribution >= 4 is 27.2 Å². The van der Waals surface area contributed by atoms with E-state index >= 15 is 0 Å². The monoisotopic (exact) mass is 308 g/mol. The fraction of sp³-hybridized carbons (Fsp3) is 0.929. The first-order valence-electron chi connectivity index (χ1n) is 7.42. The van der Waals surface area contributed by atoms with Crippen molar-refractivity contribution in [1.82, 2.24) is 0 Å². The lowest BCUT2D eigenvalue weighted by atomic mass is 10.1. The Morgan fingerprint density at radius 1 is 0.895 bits per heavy atom. The van der Waals surface area contributed by atoms with E-state index in [4.69, 9.17) is 16.8 Å². The van der Waals surface area contributed by atoms with Crippen molar-refractivity contribution in [3.8, 4) is 0 Å². The van der Waals surface area contributed by atoms with E-state index in [1.807, 2.05) is 0 Å². The summed E-state index contributed by atoms with van der Waals surface area (Å²) in [7, 11) is -3.93. The molecule has 0 bridgehead atoms. The van der Waals surface area contributed by atoms with Crippen LogP contribution in [-0.2, 0) is 10.1 Å². The largest absolute Gasteiger partial charge is 0.285 e. The summed E-state index contributed by atoms with van der Waals surface area (Å²) in [6.07, 6.45) is 13.1. The van der Waals surface area contributed by atoms with Crippen LogP contribution in [0.5, 0.6) is 0 Å². The lowest BCUT2D eigenvalue weighted by Gasteiger charge is -2.03. The first kappa shape index (κ1) is 19.0. The lowest BCUT2D eigenvalue weighted by molar-refractivity contribution is 0.487. The van der Waals surface area contributed by atoms with Gasteiger partial charge in [0.05, 0.1) is 0 Å². The average molecular weight is 309 g/mol. The molecule has 3 nitrogen and oxygen atoms in total. The molecule has 0 heterocycles. The second-order valence-electron chi connectivity index (χ2n) is 5.20. The molecule has 0 aliphatic carbocycles. The molecular weight excluding hydrogens is 280 g/mol. The standard InChI is InChI=1S/C14H28O3S2/c1-2-3-4-5-6-7-8-9-10-11-12-14(18)13-19(15,16)17/h2-13H2,1H3,(H,15,16,17). The third-order valence-electron chi connectivity index (χ3n) is 3.15. The van der Waals surface area contributed by atoms with E-state index in [1.165, 1.54) is 51.4 Å². The van der Waals surface area contributed by atoms with Gasteiger partial charge < -0.3 is 0 Å². The SMILES string of the molecule is CCCCCCCCCCCCC(=S)CS(=O)(=O)O. The molecule has 0 aromatic carbocycles. The number of hydrogen-bond acceptors (Lipinski definition) is 3. The molecule has 0 spiro atoms. The molecule has 0 aromatic rings. The molecule has 5 heteroatoms. The molecule has 1 N–H and O–H groups in total. The van der Waals surface area contributed by atoms with Crippen molar-refractivity contribution in [1.29, 1.82) is 0 Å². The van der Waals surface area contributed by atoms with Gasteiger partial charge in [0.25, 0.3) is 10.1 Å². The Kier molecular flexibility index (Phi) is 11.8. The maximum absolute atomic E-state index is 10.6.